The lowest BCUT2D eigenvalue weighted by Crippen LogP contribution is -2.01. The minimum atomic E-state index is 0.728. The quantitative estimate of drug-likeness (QED) is 0.746. The van der Waals surface area contributed by atoms with Crippen LogP contribution >= 0.6 is 0 Å². The van der Waals surface area contributed by atoms with Crippen molar-refractivity contribution < 1.29 is 0 Å². The van der Waals surface area contributed by atoms with E-state index in [-0.39, 0.29) is 0 Å². The molecule has 3 rings (SSSR count). The predicted octanol–water partition coefficient (Wildman–Crippen LogP) is 2.97. The van der Waals surface area contributed by atoms with Gasteiger partial charge in [-0.15, -0.1) is 0 Å². The van der Waals surface area contributed by atoms with Gasteiger partial charge in [-0.1, -0.05) is 18.2 Å². The van der Waals surface area contributed by atoms with E-state index in [4.69, 9.17) is 5.73 Å². The van der Waals surface area contributed by atoms with Crippen molar-refractivity contribution in [2.45, 2.75) is 12.8 Å². The van der Waals surface area contributed by atoms with Gasteiger partial charge in [-0.25, -0.2) is 4.98 Å². The second-order valence-corrected chi connectivity index (χ2v) is 4.78. The fraction of sp³-hybridized carbons (Fsp3) is 0.188. The number of imidazole rings is 1. The lowest BCUT2D eigenvalue weighted by molar-refractivity contribution is 0.833. The fourth-order valence-electron chi connectivity index (χ4n) is 2.31. The molecule has 4 nitrogen and oxygen atoms in total. The Morgan fingerprint density at radius 2 is 2.05 bits per heavy atom. The number of anilines is 2. The van der Waals surface area contributed by atoms with E-state index in [1.54, 1.807) is 6.20 Å². The van der Waals surface area contributed by atoms with E-state index in [9.17, 15) is 0 Å². The van der Waals surface area contributed by atoms with Crippen molar-refractivity contribution >= 4 is 17.2 Å². The van der Waals surface area contributed by atoms with Gasteiger partial charge in [-0.05, 0) is 49.2 Å². The molecule has 20 heavy (non-hydrogen) atoms. The monoisotopic (exact) mass is 266 g/mol. The number of pyridine rings is 1. The molecule has 0 aliphatic rings. The standard InChI is InChI=1S/C16H18N4/c17-9-3-5-13-4-1-6-14(12-13)19-16-8-2-7-15-18-10-11-20(15)16/h1-2,4,6-8,10-12,19H,3,5,9,17H2. The molecule has 0 atom stereocenters. The van der Waals surface area contributed by atoms with Gasteiger partial charge in [0.1, 0.15) is 11.5 Å². The first-order chi connectivity index (χ1) is 9.86. The molecule has 2 heterocycles. The summed E-state index contributed by atoms with van der Waals surface area (Å²) in [7, 11) is 0. The minimum Gasteiger partial charge on any atom is -0.341 e. The highest BCUT2D eigenvalue weighted by molar-refractivity contribution is 5.60. The highest BCUT2D eigenvalue weighted by Crippen LogP contribution is 2.19. The molecule has 1 aromatic carbocycles. The van der Waals surface area contributed by atoms with Gasteiger partial charge >= 0.3 is 0 Å². The topological polar surface area (TPSA) is 55.3 Å². The summed E-state index contributed by atoms with van der Waals surface area (Å²) in [6.45, 7) is 0.728. The van der Waals surface area contributed by atoms with Crippen molar-refractivity contribution in [2.75, 3.05) is 11.9 Å². The summed E-state index contributed by atoms with van der Waals surface area (Å²) >= 11 is 0. The molecule has 0 unspecified atom stereocenters. The average Bonchev–Trinajstić information content (AvgIpc) is 2.95. The first-order valence-electron chi connectivity index (χ1n) is 6.85. The van der Waals surface area contributed by atoms with E-state index in [1.165, 1.54) is 5.56 Å². The van der Waals surface area contributed by atoms with E-state index < -0.39 is 0 Å². The molecule has 0 saturated carbocycles. The molecule has 0 fully saturated rings. The number of hydrogen-bond donors (Lipinski definition) is 2. The van der Waals surface area contributed by atoms with Gasteiger partial charge in [0.2, 0.25) is 0 Å². The molecule has 3 aromatic rings. The summed E-state index contributed by atoms with van der Waals surface area (Å²) in [5, 5.41) is 3.44. The Balaban J connectivity index is 1.85. The number of nitrogens with zero attached hydrogens (tertiary/aromatic N) is 2. The Labute approximate surface area is 118 Å². The largest absolute Gasteiger partial charge is 0.341 e. The van der Waals surface area contributed by atoms with Crippen LogP contribution in [0, 0.1) is 0 Å². The Hall–Kier alpha value is -2.33. The van der Waals surface area contributed by atoms with Gasteiger partial charge in [0, 0.05) is 18.1 Å². The summed E-state index contributed by atoms with van der Waals surface area (Å²) < 4.78 is 2.03. The highest BCUT2D eigenvalue weighted by Gasteiger charge is 2.01. The third kappa shape index (κ3) is 2.65. The van der Waals surface area contributed by atoms with Crippen molar-refractivity contribution in [3.05, 3.63) is 60.4 Å². The molecule has 0 spiro atoms. The molecule has 0 radical (unpaired) electrons. The Morgan fingerprint density at radius 3 is 2.95 bits per heavy atom. The van der Waals surface area contributed by atoms with Crippen LogP contribution in [0.2, 0.25) is 0 Å². The van der Waals surface area contributed by atoms with E-state index >= 15 is 0 Å². The number of rotatable bonds is 5. The number of nitrogens with two attached hydrogens (primary N) is 1. The number of aromatic nitrogens is 2. The molecule has 102 valence electrons. The number of fused-ring (bicyclic) bond motifs is 1. The SMILES string of the molecule is NCCCc1cccc(Nc2cccc3nccn23)c1. The van der Waals surface area contributed by atoms with Crippen LogP contribution in [-0.4, -0.2) is 15.9 Å². The predicted molar refractivity (Wildman–Crippen MR) is 82.3 cm³/mol. The summed E-state index contributed by atoms with van der Waals surface area (Å²) in [6, 6.07) is 14.5. The second-order valence-electron chi connectivity index (χ2n) is 4.78. The molecule has 0 saturated heterocycles. The molecule has 2 aromatic heterocycles. The lowest BCUT2D eigenvalue weighted by Gasteiger charge is -2.10. The van der Waals surface area contributed by atoms with Crippen LogP contribution in [0.15, 0.2) is 54.9 Å². The second kappa shape index (κ2) is 5.75. The third-order valence-corrected chi connectivity index (χ3v) is 3.30. The molecular weight excluding hydrogens is 248 g/mol. The fourth-order valence-corrected chi connectivity index (χ4v) is 2.31. The molecule has 0 amide bonds. The zero-order valence-corrected chi connectivity index (χ0v) is 11.3. The number of aryl methyl sites for hydroxylation is 1. The van der Waals surface area contributed by atoms with Gasteiger partial charge in [0.25, 0.3) is 0 Å². The van der Waals surface area contributed by atoms with E-state index in [2.05, 4.69) is 34.6 Å². The zero-order chi connectivity index (χ0) is 13.8. The molecular formula is C16H18N4. The van der Waals surface area contributed by atoms with Crippen molar-refractivity contribution in [3.8, 4) is 0 Å². The first kappa shape index (κ1) is 12.7. The lowest BCUT2D eigenvalue weighted by atomic mass is 10.1. The normalized spacial score (nSPS) is 10.8. The van der Waals surface area contributed by atoms with Crippen LogP contribution in [-0.2, 0) is 6.42 Å². The zero-order valence-electron chi connectivity index (χ0n) is 11.3. The summed E-state index contributed by atoms with van der Waals surface area (Å²) in [4.78, 5) is 4.29. The van der Waals surface area contributed by atoms with Crippen LogP contribution in [0.3, 0.4) is 0 Å². The smallest absolute Gasteiger partial charge is 0.138 e. The summed E-state index contributed by atoms with van der Waals surface area (Å²) in [5.41, 5.74) is 8.89. The average molecular weight is 266 g/mol. The van der Waals surface area contributed by atoms with Crippen LogP contribution in [0.1, 0.15) is 12.0 Å². The van der Waals surface area contributed by atoms with Crippen molar-refractivity contribution in [1.29, 1.82) is 0 Å². The van der Waals surface area contributed by atoms with Gasteiger partial charge in [0.05, 0.1) is 0 Å². The Bertz CT molecular complexity index is 702. The first-order valence-corrected chi connectivity index (χ1v) is 6.85. The van der Waals surface area contributed by atoms with E-state index in [0.717, 1.165) is 36.5 Å². The van der Waals surface area contributed by atoms with Crippen molar-refractivity contribution in [1.82, 2.24) is 9.38 Å². The van der Waals surface area contributed by atoms with Crippen LogP contribution in [0.25, 0.3) is 5.65 Å². The highest BCUT2D eigenvalue weighted by atomic mass is 15.1. The maximum absolute atomic E-state index is 5.56. The summed E-state index contributed by atoms with van der Waals surface area (Å²) in [5.74, 6) is 1.01. The van der Waals surface area contributed by atoms with Crippen LogP contribution in [0.4, 0.5) is 11.5 Å². The van der Waals surface area contributed by atoms with Gasteiger partial charge in [-0.3, -0.25) is 4.40 Å². The Kier molecular flexibility index (Phi) is 3.65. The van der Waals surface area contributed by atoms with E-state index in [1.807, 2.05) is 28.8 Å². The van der Waals surface area contributed by atoms with Gasteiger partial charge in [-0.2, -0.15) is 0 Å². The maximum Gasteiger partial charge on any atom is 0.138 e. The van der Waals surface area contributed by atoms with E-state index in [0.29, 0.717) is 0 Å². The van der Waals surface area contributed by atoms with Crippen molar-refractivity contribution in [2.24, 2.45) is 5.73 Å². The third-order valence-electron chi connectivity index (χ3n) is 3.30. The van der Waals surface area contributed by atoms with Gasteiger partial charge < -0.3 is 11.1 Å². The molecule has 3 N–H and O–H groups in total. The maximum atomic E-state index is 5.56. The molecule has 0 aliphatic carbocycles. The number of benzene rings is 1. The molecule has 0 aliphatic heterocycles. The van der Waals surface area contributed by atoms with Crippen LogP contribution in [0.5, 0.6) is 0 Å². The van der Waals surface area contributed by atoms with Crippen molar-refractivity contribution in [3.63, 3.8) is 0 Å². The Morgan fingerprint density at radius 1 is 1.15 bits per heavy atom. The molecule has 4 heteroatoms. The number of nitrogens with one attached hydrogen (secondary N) is 1. The van der Waals surface area contributed by atoms with Crippen LogP contribution < -0.4 is 11.1 Å². The summed E-state index contributed by atoms with van der Waals surface area (Å²) in [6.07, 6.45) is 5.79. The number of hydrogen-bond acceptors (Lipinski definition) is 3. The minimum absolute atomic E-state index is 0.728. The molecule has 0 bridgehead atoms. The van der Waals surface area contributed by atoms with Gasteiger partial charge in [0.15, 0.2) is 0 Å².